The largest absolute Gasteiger partial charge is 3.00 e. The third-order valence-corrected chi connectivity index (χ3v) is 35.3. The first kappa shape index (κ1) is 84.4. The normalized spacial score (nSPS) is 11.7. The summed E-state index contributed by atoms with van der Waals surface area (Å²) in [5.41, 5.74) is 4.72. The molecule has 10 nitrogen and oxygen atoms in total. The molecule has 4 aromatic rings. The molecule has 0 aliphatic carbocycles. The van der Waals surface area contributed by atoms with Gasteiger partial charge in [-0.3, -0.25) is 0 Å². The first-order valence-electron chi connectivity index (χ1n) is 27.9. The molecule has 0 heterocycles. The number of hydrogen-bond acceptors (Lipinski definition) is 4. The molecule has 0 aliphatic rings. The van der Waals surface area contributed by atoms with Gasteiger partial charge in [-0.05, 0) is 59.1 Å². The fraction of sp³-hybridized carbons (Fsp3) is 0.586. The molecule has 0 unspecified atom stereocenters. The zero-order chi connectivity index (χ0) is 59.4. The van der Waals surface area contributed by atoms with Gasteiger partial charge in [0.25, 0.3) is 0 Å². The Labute approximate surface area is 538 Å². The van der Waals surface area contributed by atoms with Gasteiger partial charge in [-0.1, -0.05) is 319 Å². The van der Waals surface area contributed by atoms with E-state index in [1.54, 1.807) is 0 Å². The minimum atomic E-state index is -2.75. The summed E-state index contributed by atoms with van der Waals surface area (Å²) in [6.07, 6.45) is 0. The average molecular weight is 1370 g/mol. The standard InChI is InChI=1S/2C18H32N2O2P2.2C7H8.2C4H14NSi2.2Y/c2*1-13(2)23(21,14(3)4)19-17-11-9-10-12-18(17)20-24(22,15(5)6)16(7)8;2*1-7-5-3-2-4-6-7;2*1-6(2)5-7(3)4;;/h2*9-16H,1-8H3;2*2-6H,1H3;2*6-7H,1-4H3;;/q2*-2;;;2*-1;2*+3. The quantitative estimate of drug-likeness (QED) is 0.0638. The van der Waals surface area contributed by atoms with Crippen molar-refractivity contribution < 1.29 is 83.7 Å². The van der Waals surface area contributed by atoms with Crippen LogP contribution in [0, 0.1) is 13.8 Å². The van der Waals surface area contributed by atoms with Gasteiger partial charge in [-0.2, -0.15) is 0 Å². The van der Waals surface area contributed by atoms with Gasteiger partial charge in [-0.15, -0.1) is 22.7 Å². The summed E-state index contributed by atoms with van der Waals surface area (Å²) < 4.78 is 62.3. The third-order valence-electron chi connectivity index (χ3n) is 11.8. The Hall–Kier alpha value is -0.00468. The van der Waals surface area contributed by atoms with Crippen LogP contribution in [0.1, 0.15) is 122 Å². The van der Waals surface area contributed by atoms with E-state index >= 15 is 0 Å². The number of nitrogens with zero attached hydrogens (tertiary/aromatic N) is 6. The molecule has 4 rings (SSSR count). The molecule has 0 spiro atoms. The van der Waals surface area contributed by atoms with E-state index < -0.39 is 65.0 Å². The van der Waals surface area contributed by atoms with Crippen LogP contribution in [0.15, 0.2) is 109 Å². The average Bonchev–Trinajstić information content (AvgIpc) is 3.30. The first-order chi connectivity index (χ1) is 34.9. The van der Waals surface area contributed by atoms with Crippen LogP contribution in [0.4, 0.5) is 22.7 Å². The fourth-order valence-electron chi connectivity index (χ4n) is 7.51. The molecule has 0 aliphatic heterocycles. The molecule has 0 amide bonds. The monoisotopic (exact) mass is 1370 g/mol. The SMILES string of the molecule is CC(C)P(=O)([N-]c1ccccc1[N-]P(=O)(C(C)C)C(C)C)C(C)C.CC(C)P(=O)([N-]c1ccccc1[N-]P(=O)(C(C)C)C(C)C)C(C)C.C[SiH](C)[N-][SiH](C)C.C[SiH](C)[N-][SiH](C)C.Cc1ccccc1.Cc1ccccc1.[Y+3].[Y+3]. The van der Waals surface area contributed by atoms with Gasteiger partial charge in [0.15, 0.2) is 0 Å². The molecule has 0 aromatic heterocycles. The maximum atomic E-state index is 13.3. The molecule has 0 saturated heterocycles. The van der Waals surface area contributed by atoms with Crippen molar-refractivity contribution in [3.05, 3.63) is 150 Å². The number of aryl methyl sites for hydroxylation is 2. The van der Waals surface area contributed by atoms with Gasteiger partial charge in [0, 0.05) is 29.2 Å². The molecular formula is C58H108N6O4P4Si4Y2. The second-order valence-electron chi connectivity index (χ2n) is 22.8. The summed E-state index contributed by atoms with van der Waals surface area (Å²) in [6, 6.07) is 35.2. The molecule has 4 aromatic carbocycles. The van der Waals surface area contributed by atoms with Crippen LogP contribution < -0.4 is 0 Å². The van der Waals surface area contributed by atoms with Gasteiger partial charge >= 0.3 is 65.4 Å². The third kappa shape index (κ3) is 32.9. The molecule has 0 N–H and O–H groups in total. The van der Waals surface area contributed by atoms with Gasteiger partial charge < -0.3 is 47.9 Å². The van der Waals surface area contributed by atoms with Crippen LogP contribution in [0.25, 0.3) is 29.6 Å². The summed E-state index contributed by atoms with van der Waals surface area (Å²) in [7, 11) is -13.2. The summed E-state index contributed by atoms with van der Waals surface area (Å²) in [4.78, 5) is 0. The zero-order valence-corrected chi connectivity index (χ0v) is 67.5. The Balaban J connectivity index is -0.000000464. The van der Waals surface area contributed by atoms with Crippen molar-refractivity contribution in [3.63, 3.8) is 0 Å². The fourth-order valence-corrected chi connectivity index (χ4v) is 25.7. The molecule has 0 fully saturated rings. The number of hydrogen-bond donors (Lipinski definition) is 0. The minimum Gasteiger partial charge on any atom is -0.672 e. The van der Waals surface area contributed by atoms with E-state index in [2.05, 4.69) is 120 Å². The summed E-state index contributed by atoms with van der Waals surface area (Å²) in [6.45, 7) is 53.4. The van der Waals surface area contributed by atoms with Crippen molar-refractivity contribution in [1.82, 2.24) is 0 Å². The Morgan fingerprint density at radius 1 is 0.282 bits per heavy atom. The van der Waals surface area contributed by atoms with Gasteiger partial charge in [0.2, 0.25) is 0 Å². The maximum absolute atomic E-state index is 13.3. The van der Waals surface area contributed by atoms with Crippen LogP contribution in [0.3, 0.4) is 0 Å². The van der Waals surface area contributed by atoms with E-state index in [9.17, 15) is 18.3 Å². The van der Waals surface area contributed by atoms with Gasteiger partial charge in [0.05, 0.1) is 0 Å². The zero-order valence-electron chi connectivity index (χ0n) is 53.6. The number of benzene rings is 4. The summed E-state index contributed by atoms with van der Waals surface area (Å²) >= 11 is 0. The van der Waals surface area contributed by atoms with Crippen LogP contribution in [0.5, 0.6) is 0 Å². The molecule has 0 radical (unpaired) electrons. The van der Waals surface area contributed by atoms with Crippen molar-refractivity contribution in [1.29, 1.82) is 0 Å². The van der Waals surface area contributed by atoms with Crippen molar-refractivity contribution in [2.24, 2.45) is 0 Å². The van der Waals surface area contributed by atoms with E-state index in [1.807, 2.05) is 196 Å². The van der Waals surface area contributed by atoms with Crippen molar-refractivity contribution in [2.75, 3.05) is 0 Å². The number of rotatable bonds is 20. The summed E-state index contributed by atoms with van der Waals surface area (Å²) in [5.74, 6) is 0. The minimum absolute atomic E-state index is 0. The first-order valence-corrected chi connectivity index (χ1v) is 46.4. The molecule has 436 valence electrons. The summed E-state index contributed by atoms with van der Waals surface area (Å²) in [5, 5.41) is 18.5. The molecule has 0 saturated carbocycles. The Morgan fingerprint density at radius 3 is 0.513 bits per heavy atom. The topological polar surface area (TPSA) is 153 Å². The van der Waals surface area contributed by atoms with Crippen LogP contribution in [-0.4, -0.2) is 81.1 Å². The van der Waals surface area contributed by atoms with E-state index in [0.717, 1.165) is 0 Å². The maximum Gasteiger partial charge on any atom is 3.00 e. The molecular weight excluding hydrogens is 1260 g/mol. The van der Waals surface area contributed by atoms with E-state index in [-0.39, 0.29) is 111 Å². The Morgan fingerprint density at radius 2 is 0.423 bits per heavy atom. The van der Waals surface area contributed by atoms with Crippen molar-refractivity contribution >= 4 is 87.8 Å². The smallest absolute Gasteiger partial charge is 0.672 e. The van der Waals surface area contributed by atoms with Crippen molar-refractivity contribution in [3.8, 4) is 0 Å². The molecule has 20 heteroatoms. The predicted molar refractivity (Wildman–Crippen MR) is 361 cm³/mol. The van der Waals surface area contributed by atoms with Crippen LogP contribution >= 0.6 is 29.2 Å². The van der Waals surface area contributed by atoms with E-state index in [0.29, 0.717) is 22.7 Å². The Bertz CT molecular complexity index is 2030. The van der Waals surface area contributed by atoms with E-state index in [4.69, 9.17) is 0 Å². The van der Waals surface area contributed by atoms with Crippen LogP contribution in [-0.2, 0) is 83.7 Å². The van der Waals surface area contributed by atoms with Gasteiger partial charge in [0.1, 0.15) is 0 Å². The second kappa shape index (κ2) is 42.7. The van der Waals surface area contributed by atoms with Gasteiger partial charge in [-0.25, -0.2) is 0 Å². The predicted octanol–water partition coefficient (Wildman–Crippen LogP) is 22.4. The molecule has 0 atom stereocenters. The molecule has 78 heavy (non-hydrogen) atoms. The van der Waals surface area contributed by atoms with Crippen LogP contribution in [0.2, 0.25) is 52.4 Å². The van der Waals surface area contributed by atoms with E-state index in [1.165, 1.54) is 11.1 Å². The van der Waals surface area contributed by atoms with Crippen molar-refractivity contribution in [2.45, 2.75) is 222 Å². The second-order valence-corrected chi connectivity index (χ2v) is 48.4. The molecule has 0 bridgehead atoms. The Kier molecular flexibility index (Phi) is 46.3.